The highest BCUT2D eigenvalue weighted by Gasteiger charge is 2.35. The number of ether oxygens (including phenoxy) is 1. The van der Waals surface area contributed by atoms with Gasteiger partial charge in [-0.25, -0.2) is 4.79 Å². The fourth-order valence-corrected chi connectivity index (χ4v) is 2.07. The molecule has 102 valence electrons. The fraction of sp³-hybridized carbons (Fsp3) is 0.429. The van der Waals surface area contributed by atoms with Gasteiger partial charge in [-0.15, -0.1) is 0 Å². The minimum atomic E-state index is -0.562. The van der Waals surface area contributed by atoms with E-state index in [0.717, 1.165) is 11.3 Å². The number of hydrogen-bond donors (Lipinski definition) is 1. The second kappa shape index (κ2) is 5.30. The number of anilines is 1. The molecule has 0 saturated carbocycles. The Morgan fingerprint density at radius 1 is 1.42 bits per heavy atom. The van der Waals surface area contributed by atoms with Gasteiger partial charge in [-0.05, 0) is 17.5 Å². The SMILES string of the molecule is CC(C)c1ccccc1NC(=O)C1COC(=O)N1C. The Balaban J connectivity index is 2.13. The van der Waals surface area contributed by atoms with Crippen molar-refractivity contribution in [2.75, 3.05) is 19.0 Å². The highest BCUT2D eigenvalue weighted by Crippen LogP contribution is 2.24. The van der Waals surface area contributed by atoms with Gasteiger partial charge in [-0.2, -0.15) is 0 Å². The van der Waals surface area contributed by atoms with Crippen LogP contribution in [0.5, 0.6) is 0 Å². The standard InChI is InChI=1S/C14H18N2O3/c1-9(2)10-6-4-5-7-11(10)15-13(17)12-8-19-14(18)16(12)3/h4-7,9,12H,8H2,1-3H3,(H,15,17). The van der Waals surface area contributed by atoms with Gasteiger partial charge in [0, 0.05) is 12.7 Å². The summed E-state index contributed by atoms with van der Waals surface area (Å²) >= 11 is 0. The van der Waals surface area contributed by atoms with Gasteiger partial charge >= 0.3 is 6.09 Å². The lowest BCUT2D eigenvalue weighted by Crippen LogP contribution is -2.40. The minimum Gasteiger partial charge on any atom is -0.447 e. The van der Waals surface area contributed by atoms with Gasteiger partial charge in [0.25, 0.3) is 5.91 Å². The number of rotatable bonds is 3. The molecular formula is C14H18N2O3. The fourth-order valence-electron chi connectivity index (χ4n) is 2.07. The Morgan fingerprint density at radius 3 is 2.68 bits per heavy atom. The lowest BCUT2D eigenvalue weighted by Gasteiger charge is -2.18. The molecular weight excluding hydrogens is 244 g/mol. The summed E-state index contributed by atoms with van der Waals surface area (Å²) in [6, 6.07) is 7.11. The first-order chi connectivity index (χ1) is 9.00. The van der Waals surface area contributed by atoms with Crippen molar-refractivity contribution in [1.82, 2.24) is 4.90 Å². The van der Waals surface area contributed by atoms with Crippen LogP contribution in [0.25, 0.3) is 0 Å². The molecule has 1 saturated heterocycles. The van der Waals surface area contributed by atoms with Gasteiger partial charge in [0.15, 0.2) is 0 Å². The number of amides is 2. The van der Waals surface area contributed by atoms with Crippen LogP contribution >= 0.6 is 0 Å². The minimum absolute atomic E-state index is 0.102. The van der Waals surface area contributed by atoms with Gasteiger partial charge in [-0.1, -0.05) is 32.0 Å². The van der Waals surface area contributed by atoms with Crippen molar-refractivity contribution in [3.8, 4) is 0 Å². The molecule has 1 heterocycles. The molecule has 1 aromatic carbocycles. The number of nitrogens with zero attached hydrogens (tertiary/aromatic N) is 1. The van der Waals surface area contributed by atoms with Crippen LogP contribution in [0.2, 0.25) is 0 Å². The van der Waals surface area contributed by atoms with Crippen molar-refractivity contribution >= 4 is 17.7 Å². The van der Waals surface area contributed by atoms with Gasteiger partial charge < -0.3 is 10.1 Å². The predicted molar refractivity (Wildman–Crippen MR) is 72.1 cm³/mol. The number of carbonyl (C=O) groups is 2. The Labute approximate surface area is 112 Å². The van der Waals surface area contributed by atoms with E-state index in [1.807, 2.05) is 24.3 Å². The highest BCUT2D eigenvalue weighted by molar-refractivity contribution is 5.98. The molecule has 0 spiro atoms. The molecule has 5 nitrogen and oxygen atoms in total. The van der Waals surface area contributed by atoms with E-state index < -0.39 is 12.1 Å². The molecule has 1 aliphatic heterocycles. The number of benzene rings is 1. The maximum atomic E-state index is 12.2. The number of cyclic esters (lactones) is 1. The molecule has 0 aromatic heterocycles. The van der Waals surface area contributed by atoms with Gasteiger partial charge in [0.2, 0.25) is 0 Å². The van der Waals surface area contributed by atoms with E-state index in [9.17, 15) is 9.59 Å². The molecule has 1 fully saturated rings. The Kier molecular flexibility index (Phi) is 3.74. The zero-order chi connectivity index (χ0) is 14.0. The molecule has 5 heteroatoms. The third-order valence-corrected chi connectivity index (χ3v) is 3.26. The van der Waals surface area contributed by atoms with Gasteiger partial charge in [0.05, 0.1) is 0 Å². The lowest BCUT2D eigenvalue weighted by atomic mass is 10.0. The molecule has 0 aliphatic carbocycles. The Bertz CT molecular complexity index is 499. The average Bonchev–Trinajstić information content (AvgIpc) is 2.70. The van der Waals surface area contributed by atoms with E-state index in [-0.39, 0.29) is 12.5 Å². The molecule has 0 bridgehead atoms. The second-order valence-corrected chi connectivity index (χ2v) is 4.93. The van der Waals surface area contributed by atoms with Crippen LogP contribution in [0.15, 0.2) is 24.3 Å². The lowest BCUT2D eigenvalue weighted by molar-refractivity contribution is -0.119. The first kappa shape index (κ1) is 13.4. The number of likely N-dealkylation sites (N-methyl/N-ethyl adjacent to an activating group) is 1. The van der Waals surface area contributed by atoms with Crippen molar-refractivity contribution < 1.29 is 14.3 Å². The third-order valence-electron chi connectivity index (χ3n) is 3.26. The molecule has 1 aliphatic rings. The first-order valence-electron chi connectivity index (χ1n) is 6.30. The topological polar surface area (TPSA) is 58.6 Å². The normalized spacial score (nSPS) is 18.6. The first-order valence-corrected chi connectivity index (χ1v) is 6.30. The maximum absolute atomic E-state index is 12.2. The van der Waals surface area contributed by atoms with Crippen molar-refractivity contribution in [3.05, 3.63) is 29.8 Å². The molecule has 1 atom stereocenters. The maximum Gasteiger partial charge on any atom is 0.410 e. The van der Waals surface area contributed by atoms with Crippen LogP contribution in [0.1, 0.15) is 25.3 Å². The summed E-state index contributed by atoms with van der Waals surface area (Å²) in [6.45, 7) is 4.24. The van der Waals surface area contributed by atoms with Gasteiger partial charge in [0.1, 0.15) is 12.6 Å². The highest BCUT2D eigenvalue weighted by atomic mass is 16.6. The average molecular weight is 262 g/mol. The summed E-state index contributed by atoms with van der Waals surface area (Å²) < 4.78 is 4.84. The molecule has 0 radical (unpaired) electrons. The number of carbonyl (C=O) groups excluding carboxylic acids is 2. The summed E-state index contributed by atoms with van der Waals surface area (Å²) in [5, 5.41) is 2.87. The molecule has 19 heavy (non-hydrogen) atoms. The molecule has 2 amide bonds. The zero-order valence-electron chi connectivity index (χ0n) is 11.3. The van der Waals surface area contributed by atoms with Crippen molar-refractivity contribution in [1.29, 1.82) is 0 Å². The number of nitrogens with one attached hydrogen (secondary N) is 1. The molecule has 2 rings (SSSR count). The Morgan fingerprint density at radius 2 is 2.11 bits per heavy atom. The van der Waals surface area contributed by atoms with Crippen LogP contribution in [0.4, 0.5) is 10.5 Å². The van der Waals surface area contributed by atoms with Crippen LogP contribution in [0, 0.1) is 0 Å². The second-order valence-electron chi connectivity index (χ2n) is 4.93. The summed E-state index contributed by atoms with van der Waals surface area (Å²) in [5.74, 6) is 0.0946. The smallest absolute Gasteiger partial charge is 0.410 e. The van der Waals surface area contributed by atoms with Gasteiger partial charge in [-0.3, -0.25) is 9.69 Å². The van der Waals surface area contributed by atoms with E-state index in [4.69, 9.17) is 4.74 Å². The molecule has 1 N–H and O–H groups in total. The summed E-state index contributed by atoms with van der Waals surface area (Å²) in [5.41, 5.74) is 1.86. The zero-order valence-corrected chi connectivity index (χ0v) is 11.3. The van der Waals surface area contributed by atoms with Crippen LogP contribution < -0.4 is 5.32 Å². The van der Waals surface area contributed by atoms with Crippen LogP contribution in [-0.4, -0.2) is 36.6 Å². The van der Waals surface area contributed by atoms with E-state index >= 15 is 0 Å². The van der Waals surface area contributed by atoms with Crippen molar-refractivity contribution in [3.63, 3.8) is 0 Å². The largest absolute Gasteiger partial charge is 0.447 e. The van der Waals surface area contributed by atoms with E-state index in [1.54, 1.807) is 7.05 Å². The predicted octanol–water partition coefficient (Wildman–Crippen LogP) is 2.20. The summed E-state index contributed by atoms with van der Waals surface area (Å²) in [7, 11) is 1.56. The van der Waals surface area contributed by atoms with Crippen molar-refractivity contribution in [2.24, 2.45) is 0 Å². The molecule has 1 unspecified atom stereocenters. The van der Waals surface area contributed by atoms with Crippen LogP contribution in [0.3, 0.4) is 0 Å². The number of para-hydroxylation sites is 1. The van der Waals surface area contributed by atoms with E-state index in [1.165, 1.54) is 4.90 Å². The third kappa shape index (κ3) is 2.70. The van der Waals surface area contributed by atoms with Crippen molar-refractivity contribution in [2.45, 2.75) is 25.8 Å². The van der Waals surface area contributed by atoms with Crippen LogP contribution in [-0.2, 0) is 9.53 Å². The summed E-state index contributed by atoms with van der Waals surface area (Å²) in [4.78, 5) is 24.7. The van der Waals surface area contributed by atoms with E-state index in [0.29, 0.717) is 5.92 Å². The summed E-state index contributed by atoms with van der Waals surface area (Å²) in [6.07, 6.45) is -0.461. The number of hydrogen-bond acceptors (Lipinski definition) is 3. The van der Waals surface area contributed by atoms with E-state index in [2.05, 4.69) is 19.2 Å². The molecule has 1 aromatic rings. The quantitative estimate of drug-likeness (QED) is 0.908. The Hall–Kier alpha value is -2.04. The monoisotopic (exact) mass is 262 g/mol.